The monoisotopic (exact) mass is 357 g/mol. The molecule has 0 bridgehead atoms. The molecule has 3 N–H and O–H groups in total. The minimum absolute atomic E-state index is 0.158. The molecule has 0 unspecified atom stereocenters. The van der Waals surface area contributed by atoms with E-state index in [1.807, 2.05) is 31.2 Å². The quantitative estimate of drug-likeness (QED) is 0.651. The Morgan fingerprint density at radius 2 is 2.08 bits per heavy atom. The zero-order valence-corrected chi connectivity index (χ0v) is 14.2. The van der Waals surface area contributed by atoms with Crippen molar-refractivity contribution in [2.24, 2.45) is 0 Å². The summed E-state index contributed by atoms with van der Waals surface area (Å²) in [4.78, 5) is 35.5. The van der Waals surface area contributed by atoms with Crippen LogP contribution in [0.3, 0.4) is 0 Å². The van der Waals surface area contributed by atoms with Crippen LogP contribution in [-0.2, 0) is 4.79 Å². The minimum Gasteiger partial charge on any atom is -0.345 e. The van der Waals surface area contributed by atoms with Crippen molar-refractivity contribution in [3.8, 4) is 0 Å². The molecule has 2 aromatic heterocycles. The van der Waals surface area contributed by atoms with Gasteiger partial charge in [-0.05, 0) is 31.2 Å². The zero-order valence-electron chi connectivity index (χ0n) is 13.4. The summed E-state index contributed by atoms with van der Waals surface area (Å²) in [5.74, 6) is -0.144. The van der Waals surface area contributed by atoms with Crippen LogP contribution in [-0.4, -0.2) is 33.3 Å². The minimum atomic E-state index is -0.464. The first-order chi connectivity index (χ1) is 12.0. The van der Waals surface area contributed by atoms with Crippen LogP contribution in [0.15, 0.2) is 42.6 Å². The van der Waals surface area contributed by atoms with E-state index in [4.69, 9.17) is 11.6 Å². The predicted molar refractivity (Wildman–Crippen MR) is 94.2 cm³/mol. The Hall–Kier alpha value is -2.93. The number of carbonyl (C=O) groups excluding carboxylic acids is 2. The number of fused-ring (bicyclic) bond motifs is 1. The molecule has 2 amide bonds. The highest BCUT2D eigenvalue weighted by molar-refractivity contribution is 6.30. The molecule has 0 aliphatic rings. The van der Waals surface area contributed by atoms with E-state index in [-0.39, 0.29) is 24.2 Å². The summed E-state index contributed by atoms with van der Waals surface area (Å²) in [5.41, 5.74) is 1.89. The summed E-state index contributed by atoms with van der Waals surface area (Å²) in [6.07, 6.45) is 1.43. The van der Waals surface area contributed by atoms with Crippen molar-refractivity contribution >= 4 is 34.4 Å². The van der Waals surface area contributed by atoms with Gasteiger partial charge in [0, 0.05) is 11.2 Å². The molecule has 1 atom stereocenters. The van der Waals surface area contributed by atoms with Crippen molar-refractivity contribution in [3.05, 3.63) is 59.1 Å². The van der Waals surface area contributed by atoms with Gasteiger partial charge in [-0.25, -0.2) is 4.98 Å². The van der Waals surface area contributed by atoms with Crippen molar-refractivity contribution in [2.45, 2.75) is 13.0 Å². The Bertz CT molecular complexity index is 891. The molecule has 0 aliphatic heterocycles. The molecule has 7 nitrogen and oxygen atoms in total. The number of pyridine rings is 1. The van der Waals surface area contributed by atoms with E-state index in [1.54, 1.807) is 6.07 Å². The molecule has 0 aliphatic carbocycles. The Kier molecular flexibility index (Phi) is 4.95. The number of hydrogen-bond acceptors (Lipinski definition) is 4. The highest BCUT2D eigenvalue weighted by Gasteiger charge is 2.15. The van der Waals surface area contributed by atoms with Gasteiger partial charge < -0.3 is 15.6 Å². The Morgan fingerprint density at radius 3 is 2.84 bits per heavy atom. The summed E-state index contributed by atoms with van der Waals surface area (Å²) < 4.78 is 0. The SMILES string of the molecule is C[C@H](NC(=O)CNC(=O)c1cc(Cl)ccn1)c1nc2ccccc2[nH]1. The lowest BCUT2D eigenvalue weighted by Gasteiger charge is -2.12. The normalized spacial score (nSPS) is 11.9. The van der Waals surface area contributed by atoms with Crippen molar-refractivity contribution in [1.29, 1.82) is 0 Å². The number of rotatable bonds is 5. The third-order valence-electron chi connectivity index (χ3n) is 3.56. The molecule has 8 heteroatoms. The van der Waals surface area contributed by atoms with E-state index < -0.39 is 5.91 Å². The fourth-order valence-electron chi connectivity index (χ4n) is 2.32. The van der Waals surface area contributed by atoms with Crippen LogP contribution < -0.4 is 10.6 Å². The molecule has 1 aromatic carbocycles. The van der Waals surface area contributed by atoms with Crippen LogP contribution in [0.1, 0.15) is 29.3 Å². The molecule has 0 fully saturated rings. The summed E-state index contributed by atoms with van der Waals surface area (Å²) in [6.45, 7) is 1.65. The molecule has 25 heavy (non-hydrogen) atoms. The first kappa shape index (κ1) is 16.9. The van der Waals surface area contributed by atoms with Gasteiger partial charge in [0.2, 0.25) is 5.91 Å². The molecule has 3 aromatic rings. The van der Waals surface area contributed by atoms with Crippen molar-refractivity contribution in [1.82, 2.24) is 25.6 Å². The standard InChI is InChI=1S/C17H16ClN5O2/c1-10(16-22-12-4-2-3-5-13(12)23-16)21-15(24)9-20-17(25)14-8-11(18)6-7-19-14/h2-8,10H,9H2,1H3,(H,20,25)(H,21,24)(H,22,23)/t10-/m0/s1. The second-order valence-electron chi connectivity index (χ2n) is 5.47. The van der Waals surface area contributed by atoms with Crippen LogP contribution in [0, 0.1) is 0 Å². The molecular formula is C17H16ClN5O2. The first-order valence-electron chi connectivity index (χ1n) is 7.66. The lowest BCUT2D eigenvalue weighted by Crippen LogP contribution is -2.38. The van der Waals surface area contributed by atoms with Gasteiger partial charge in [0.1, 0.15) is 11.5 Å². The summed E-state index contributed by atoms with van der Waals surface area (Å²) >= 11 is 5.81. The molecular weight excluding hydrogens is 342 g/mol. The van der Waals surface area contributed by atoms with Crippen LogP contribution in [0.5, 0.6) is 0 Å². The Morgan fingerprint density at radius 1 is 1.28 bits per heavy atom. The number of hydrogen-bond donors (Lipinski definition) is 3. The summed E-state index contributed by atoms with van der Waals surface area (Å²) in [7, 11) is 0. The Balaban J connectivity index is 1.55. The number of carbonyl (C=O) groups is 2. The number of nitrogens with one attached hydrogen (secondary N) is 3. The molecule has 3 rings (SSSR count). The number of para-hydroxylation sites is 2. The van der Waals surface area contributed by atoms with Crippen LogP contribution >= 0.6 is 11.6 Å². The third-order valence-corrected chi connectivity index (χ3v) is 3.79. The van der Waals surface area contributed by atoms with Crippen molar-refractivity contribution < 1.29 is 9.59 Å². The number of nitrogens with zero attached hydrogens (tertiary/aromatic N) is 2. The fraction of sp³-hybridized carbons (Fsp3) is 0.176. The number of H-pyrrole nitrogens is 1. The lowest BCUT2D eigenvalue weighted by molar-refractivity contribution is -0.120. The van der Waals surface area contributed by atoms with Gasteiger partial charge in [0.15, 0.2) is 0 Å². The molecule has 0 radical (unpaired) electrons. The second kappa shape index (κ2) is 7.31. The van der Waals surface area contributed by atoms with E-state index in [0.717, 1.165) is 11.0 Å². The average molecular weight is 358 g/mol. The molecule has 0 saturated carbocycles. The topological polar surface area (TPSA) is 99.8 Å². The lowest BCUT2D eigenvalue weighted by atomic mass is 10.3. The van der Waals surface area contributed by atoms with Gasteiger partial charge in [0.05, 0.1) is 23.6 Å². The number of benzene rings is 1. The van der Waals surface area contributed by atoms with Crippen LogP contribution in [0.25, 0.3) is 11.0 Å². The van der Waals surface area contributed by atoms with Gasteiger partial charge in [-0.2, -0.15) is 0 Å². The summed E-state index contributed by atoms with van der Waals surface area (Å²) in [5, 5.41) is 5.69. The largest absolute Gasteiger partial charge is 0.345 e. The Labute approximate surface area is 148 Å². The zero-order chi connectivity index (χ0) is 17.8. The first-order valence-corrected chi connectivity index (χ1v) is 8.04. The van der Waals surface area contributed by atoms with Gasteiger partial charge in [0.25, 0.3) is 5.91 Å². The smallest absolute Gasteiger partial charge is 0.270 e. The number of amides is 2. The third kappa shape index (κ3) is 4.13. The maximum atomic E-state index is 12.0. The number of aromatic amines is 1. The molecule has 0 saturated heterocycles. The van der Waals surface area contributed by atoms with Gasteiger partial charge in [-0.15, -0.1) is 0 Å². The van der Waals surface area contributed by atoms with Crippen LogP contribution in [0.2, 0.25) is 5.02 Å². The highest BCUT2D eigenvalue weighted by atomic mass is 35.5. The van der Waals surface area contributed by atoms with E-state index in [1.165, 1.54) is 12.3 Å². The fourth-order valence-corrected chi connectivity index (χ4v) is 2.48. The molecule has 128 valence electrons. The van der Waals surface area contributed by atoms with E-state index in [9.17, 15) is 9.59 Å². The highest BCUT2D eigenvalue weighted by Crippen LogP contribution is 2.15. The van der Waals surface area contributed by atoms with Crippen molar-refractivity contribution in [3.63, 3.8) is 0 Å². The maximum Gasteiger partial charge on any atom is 0.270 e. The number of aromatic nitrogens is 3. The average Bonchev–Trinajstić information content (AvgIpc) is 3.04. The molecule has 2 heterocycles. The number of imidazole rings is 1. The van der Waals surface area contributed by atoms with E-state index in [0.29, 0.717) is 10.8 Å². The number of halogens is 1. The van der Waals surface area contributed by atoms with Crippen LogP contribution in [0.4, 0.5) is 0 Å². The molecule has 0 spiro atoms. The van der Waals surface area contributed by atoms with E-state index in [2.05, 4.69) is 25.6 Å². The maximum absolute atomic E-state index is 12.0. The van der Waals surface area contributed by atoms with Gasteiger partial charge >= 0.3 is 0 Å². The summed E-state index contributed by atoms with van der Waals surface area (Å²) in [6, 6.07) is 10.3. The predicted octanol–water partition coefficient (Wildman–Crippen LogP) is 2.22. The van der Waals surface area contributed by atoms with E-state index >= 15 is 0 Å². The second-order valence-corrected chi connectivity index (χ2v) is 5.91. The van der Waals surface area contributed by atoms with Gasteiger partial charge in [-0.3, -0.25) is 14.6 Å². The van der Waals surface area contributed by atoms with Gasteiger partial charge in [-0.1, -0.05) is 23.7 Å². The van der Waals surface area contributed by atoms with Crippen molar-refractivity contribution in [2.75, 3.05) is 6.54 Å².